The molecule has 0 aliphatic rings. The fourth-order valence-electron chi connectivity index (χ4n) is 6.94. The Morgan fingerprint density at radius 2 is 0.875 bits per heavy atom. The molecule has 3 aromatic heterocycles. The summed E-state index contributed by atoms with van der Waals surface area (Å²) >= 11 is 0. The van der Waals surface area contributed by atoms with Crippen molar-refractivity contribution in [3.8, 4) is 11.4 Å². The zero-order valence-electron chi connectivity index (χ0n) is 22.0. The first kappa shape index (κ1) is 21.6. The lowest BCUT2D eigenvalue weighted by Gasteiger charge is -2.12. The molecule has 0 bridgehead atoms. The molecular weight excluding hydrogens is 486 g/mol. The Balaban J connectivity index is 1.42. The molecule has 0 aliphatic carbocycles. The van der Waals surface area contributed by atoms with Crippen molar-refractivity contribution in [3.05, 3.63) is 133 Å². The van der Waals surface area contributed by atoms with Gasteiger partial charge in [-0.1, -0.05) is 78.9 Å². The summed E-state index contributed by atoms with van der Waals surface area (Å²) in [4.78, 5) is 0. The first-order valence-corrected chi connectivity index (χ1v) is 13.8. The van der Waals surface area contributed by atoms with Crippen molar-refractivity contribution >= 4 is 65.4 Å². The van der Waals surface area contributed by atoms with E-state index in [-0.39, 0.29) is 0 Å². The lowest BCUT2D eigenvalue weighted by molar-refractivity contribution is 1.01. The smallest absolute Gasteiger partial charge is 0.0562 e. The van der Waals surface area contributed by atoms with Gasteiger partial charge in [0, 0.05) is 56.1 Å². The monoisotopic (exact) mass is 511 g/mol. The minimum absolute atomic E-state index is 1.18. The minimum Gasteiger partial charge on any atom is -0.344 e. The maximum Gasteiger partial charge on any atom is 0.0562 e. The highest BCUT2D eigenvalue weighted by molar-refractivity contribution is 6.17. The number of fused-ring (bicyclic) bond motifs is 9. The van der Waals surface area contributed by atoms with Gasteiger partial charge in [0.1, 0.15) is 0 Å². The zero-order chi connectivity index (χ0) is 26.4. The first-order chi connectivity index (χ1) is 19.8. The Bertz CT molecular complexity index is 2390. The van der Waals surface area contributed by atoms with Gasteiger partial charge in [-0.15, -0.1) is 0 Å². The SMILES string of the molecule is Cn1c2ccccc2c2cc(-n3c4ccccc4c4c(-n5c6ccccc6c6ccccc65)cccc43)ccc21. The molecular formula is C37H25N3. The lowest BCUT2D eigenvalue weighted by atomic mass is 10.1. The van der Waals surface area contributed by atoms with Crippen LogP contribution in [-0.4, -0.2) is 13.7 Å². The van der Waals surface area contributed by atoms with Crippen LogP contribution < -0.4 is 0 Å². The normalized spacial score (nSPS) is 12.1. The van der Waals surface area contributed by atoms with E-state index in [0.29, 0.717) is 0 Å². The summed E-state index contributed by atoms with van der Waals surface area (Å²) in [5.74, 6) is 0. The van der Waals surface area contributed by atoms with Gasteiger partial charge in [-0.2, -0.15) is 0 Å². The van der Waals surface area contributed by atoms with E-state index in [0.717, 1.165) is 0 Å². The molecule has 3 heteroatoms. The van der Waals surface area contributed by atoms with E-state index in [1.165, 1.54) is 76.8 Å². The number of benzene rings is 6. The van der Waals surface area contributed by atoms with Crippen LogP contribution in [0.15, 0.2) is 133 Å². The van der Waals surface area contributed by atoms with Crippen LogP contribution >= 0.6 is 0 Å². The number of hydrogen-bond donors (Lipinski definition) is 0. The Morgan fingerprint density at radius 1 is 0.375 bits per heavy atom. The summed E-state index contributed by atoms with van der Waals surface area (Å²) < 4.78 is 7.17. The molecule has 3 heterocycles. The van der Waals surface area contributed by atoms with Crippen molar-refractivity contribution in [3.63, 3.8) is 0 Å². The van der Waals surface area contributed by atoms with Crippen LogP contribution in [0.1, 0.15) is 0 Å². The van der Waals surface area contributed by atoms with Crippen molar-refractivity contribution in [2.24, 2.45) is 7.05 Å². The molecule has 0 fully saturated rings. The summed E-state index contributed by atoms with van der Waals surface area (Å²) in [6.45, 7) is 0. The van der Waals surface area contributed by atoms with Gasteiger partial charge < -0.3 is 13.7 Å². The molecule has 0 atom stereocenters. The summed E-state index contributed by atoms with van der Waals surface area (Å²) in [6, 6.07) is 48.6. The predicted molar refractivity (Wildman–Crippen MR) is 169 cm³/mol. The molecule has 40 heavy (non-hydrogen) atoms. The third-order valence-corrected chi connectivity index (χ3v) is 8.65. The van der Waals surface area contributed by atoms with Gasteiger partial charge in [0.05, 0.1) is 27.8 Å². The molecule has 0 spiro atoms. The van der Waals surface area contributed by atoms with Gasteiger partial charge in [0.15, 0.2) is 0 Å². The standard InChI is InChI=1S/C37H25N3/c1-38-30-15-6-2-13-27(30)29-23-24(21-22-31(29)38)39-34-18-9-5-14-28(34)37-35(39)19-10-20-36(37)40-32-16-7-3-11-25(32)26-12-4-8-17-33(26)40/h2-23H,1H3. The van der Waals surface area contributed by atoms with Crippen LogP contribution in [-0.2, 0) is 7.05 Å². The van der Waals surface area contributed by atoms with E-state index in [1.807, 2.05) is 0 Å². The molecule has 188 valence electrons. The molecule has 0 radical (unpaired) electrons. The van der Waals surface area contributed by atoms with Gasteiger partial charge in [0.25, 0.3) is 0 Å². The van der Waals surface area contributed by atoms with Gasteiger partial charge in [-0.25, -0.2) is 0 Å². The average molecular weight is 512 g/mol. The molecule has 0 unspecified atom stereocenters. The summed E-state index contributed by atoms with van der Waals surface area (Å²) in [6.07, 6.45) is 0. The molecule has 6 aromatic carbocycles. The van der Waals surface area contributed by atoms with Crippen molar-refractivity contribution in [2.75, 3.05) is 0 Å². The summed E-state index contributed by atoms with van der Waals surface area (Å²) in [5, 5.41) is 7.64. The fourth-order valence-corrected chi connectivity index (χ4v) is 6.94. The fraction of sp³-hybridized carbons (Fsp3) is 0.0270. The van der Waals surface area contributed by atoms with Crippen LogP contribution in [0.25, 0.3) is 76.8 Å². The Labute approximate surface area is 230 Å². The molecule has 0 saturated heterocycles. The quantitative estimate of drug-likeness (QED) is 0.219. The van der Waals surface area contributed by atoms with Crippen molar-refractivity contribution < 1.29 is 0 Å². The molecule has 0 amide bonds. The Kier molecular flexibility index (Phi) is 4.26. The predicted octanol–water partition coefficient (Wildman–Crippen LogP) is 9.53. The number of aryl methyl sites for hydroxylation is 1. The zero-order valence-corrected chi connectivity index (χ0v) is 22.0. The van der Waals surface area contributed by atoms with Crippen molar-refractivity contribution in [2.45, 2.75) is 0 Å². The molecule has 9 rings (SSSR count). The lowest BCUT2D eigenvalue weighted by Crippen LogP contribution is -1.96. The first-order valence-electron chi connectivity index (χ1n) is 13.8. The molecule has 3 nitrogen and oxygen atoms in total. The number of nitrogens with zero attached hydrogens (tertiary/aromatic N) is 3. The van der Waals surface area contributed by atoms with Crippen LogP contribution in [0.2, 0.25) is 0 Å². The summed E-state index contributed by atoms with van der Waals surface area (Å²) in [5.41, 5.74) is 9.76. The minimum atomic E-state index is 1.18. The maximum absolute atomic E-state index is 2.44. The van der Waals surface area contributed by atoms with E-state index in [9.17, 15) is 0 Å². The highest BCUT2D eigenvalue weighted by Crippen LogP contribution is 2.40. The summed E-state index contributed by atoms with van der Waals surface area (Å²) in [7, 11) is 2.16. The Morgan fingerprint density at radius 3 is 1.55 bits per heavy atom. The number of rotatable bonds is 2. The maximum atomic E-state index is 2.44. The second kappa shape index (κ2) is 7.87. The van der Waals surface area contributed by atoms with Gasteiger partial charge in [-0.3, -0.25) is 0 Å². The van der Waals surface area contributed by atoms with Crippen LogP contribution in [0, 0.1) is 0 Å². The van der Waals surface area contributed by atoms with Crippen LogP contribution in [0.3, 0.4) is 0 Å². The van der Waals surface area contributed by atoms with E-state index in [1.54, 1.807) is 0 Å². The van der Waals surface area contributed by atoms with E-state index >= 15 is 0 Å². The number of para-hydroxylation sites is 4. The van der Waals surface area contributed by atoms with E-state index in [2.05, 4.69) is 154 Å². The third-order valence-electron chi connectivity index (χ3n) is 8.65. The van der Waals surface area contributed by atoms with Crippen molar-refractivity contribution in [1.82, 2.24) is 13.7 Å². The third kappa shape index (κ3) is 2.73. The highest BCUT2D eigenvalue weighted by Gasteiger charge is 2.19. The number of hydrogen-bond acceptors (Lipinski definition) is 0. The van der Waals surface area contributed by atoms with Crippen LogP contribution in [0.4, 0.5) is 0 Å². The number of aromatic nitrogens is 3. The molecule has 0 saturated carbocycles. The van der Waals surface area contributed by atoms with Crippen LogP contribution in [0.5, 0.6) is 0 Å². The Hall–Kier alpha value is -5.28. The molecule has 9 aromatic rings. The van der Waals surface area contributed by atoms with Gasteiger partial charge in [0.2, 0.25) is 0 Å². The second-order valence-corrected chi connectivity index (χ2v) is 10.7. The second-order valence-electron chi connectivity index (χ2n) is 10.7. The molecule has 0 aliphatic heterocycles. The van der Waals surface area contributed by atoms with Gasteiger partial charge >= 0.3 is 0 Å². The largest absolute Gasteiger partial charge is 0.344 e. The van der Waals surface area contributed by atoms with Gasteiger partial charge in [-0.05, 0) is 54.6 Å². The topological polar surface area (TPSA) is 14.8 Å². The van der Waals surface area contributed by atoms with Crippen molar-refractivity contribution in [1.29, 1.82) is 0 Å². The molecule has 0 N–H and O–H groups in total. The highest BCUT2D eigenvalue weighted by atomic mass is 15.0. The average Bonchev–Trinajstić information content (AvgIpc) is 3.63. The van der Waals surface area contributed by atoms with E-state index in [4.69, 9.17) is 0 Å². The van der Waals surface area contributed by atoms with E-state index < -0.39 is 0 Å².